The second-order valence-corrected chi connectivity index (χ2v) is 5.99. The number of nitrogens with one attached hydrogen (secondary N) is 1. The van der Waals surface area contributed by atoms with E-state index in [-0.39, 0.29) is 5.91 Å². The average Bonchev–Trinajstić information content (AvgIpc) is 3.07. The van der Waals surface area contributed by atoms with E-state index < -0.39 is 0 Å². The maximum absolute atomic E-state index is 11.8. The summed E-state index contributed by atoms with van der Waals surface area (Å²) < 4.78 is 5.24. The first-order valence-electron chi connectivity index (χ1n) is 8.68. The molecule has 5 nitrogen and oxygen atoms in total. The molecule has 1 heterocycles. The van der Waals surface area contributed by atoms with Gasteiger partial charge in [-0.05, 0) is 50.3 Å². The molecular weight excluding hydrogens is 290 g/mol. The highest BCUT2D eigenvalue weighted by Crippen LogP contribution is 2.27. The van der Waals surface area contributed by atoms with Crippen molar-refractivity contribution in [2.45, 2.75) is 39.0 Å². The summed E-state index contributed by atoms with van der Waals surface area (Å²) in [5, 5.41) is 2.92. The lowest BCUT2D eigenvalue weighted by molar-refractivity contribution is -0.121. The third kappa shape index (κ3) is 5.75. The molecule has 0 unspecified atom stereocenters. The van der Waals surface area contributed by atoms with Crippen LogP contribution >= 0.6 is 0 Å². The van der Waals surface area contributed by atoms with Crippen LogP contribution in [0.1, 0.15) is 38.2 Å². The first-order valence-corrected chi connectivity index (χ1v) is 8.68. The van der Waals surface area contributed by atoms with E-state index in [4.69, 9.17) is 10.5 Å². The van der Waals surface area contributed by atoms with Gasteiger partial charge in [-0.3, -0.25) is 4.79 Å². The molecule has 3 N–H and O–H groups in total. The molecule has 1 aromatic carbocycles. The van der Waals surface area contributed by atoms with Gasteiger partial charge >= 0.3 is 0 Å². The summed E-state index contributed by atoms with van der Waals surface area (Å²) in [6.45, 7) is 6.25. The van der Waals surface area contributed by atoms with Gasteiger partial charge in [0, 0.05) is 39.3 Å². The van der Waals surface area contributed by atoms with Crippen molar-refractivity contribution in [2.75, 3.05) is 43.5 Å². The summed E-state index contributed by atoms with van der Waals surface area (Å²) in [5.74, 6) is 0.0867. The second kappa shape index (κ2) is 9.40. The van der Waals surface area contributed by atoms with Crippen molar-refractivity contribution >= 4 is 17.3 Å². The quantitative estimate of drug-likeness (QED) is 0.541. The van der Waals surface area contributed by atoms with E-state index in [0.29, 0.717) is 19.6 Å². The van der Waals surface area contributed by atoms with Crippen molar-refractivity contribution in [3.63, 3.8) is 0 Å². The fourth-order valence-electron chi connectivity index (χ4n) is 2.90. The van der Waals surface area contributed by atoms with Gasteiger partial charge in [0.2, 0.25) is 5.91 Å². The lowest BCUT2D eigenvalue weighted by atomic mass is 10.1. The van der Waals surface area contributed by atoms with Crippen LogP contribution in [0.15, 0.2) is 18.2 Å². The van der Waals surface area contributed by atoms with Crippen LogP contribution in [0.25, 0.3) is 0 Å². The molecule has 0 spiro atoms. The summed E-state index contributed by atoms with van der Waals surface area (Å²) in [4.78, 5) is 14.2. The Morgan fingerprint density at radius 1 is 1.35 bits per heavy atom. The minimum absolute atomic E-state index is 0.0867. The number of benzene rings is 1. The maximum atomic E-state index is 11.8. The van der Waals surface area contributed by atoms with E-state index in [1.165, 1.54) is 12.8 Å². The number of amides is 1. The van der Waals surface area contributed by atoms with Crippen LogP contribution in [0.2, 0.25) is 0 Å². The average molecular weight is 319 g/mol. The highest BCUT2D eigenvalue weighted by atomic mass is 16.5. The summed E-state index contributed by atoms with van der Waals surface area (Å²) in [7, 11) is 0. The summed E-state index contributed by atoms with van der Waals surface area (Å²) in [6, 6.07) is 6.19. The number of ether oxygens (including phenoxy) is 1. The number of hydrogen-bond donors (Lipinski definition) is 2. The molecule has 128 valence electrons. The second-order valence-electron chi connectivity index (χ2n) is 5.99. The van der Waals surface area contributed by atoms with Crippen LogP contribution in [-0.4, -0.2) is 38.8 Å². The lowest BCUT2D eigenvalue weighted by Gasteiger charge is -2.20. The van der Waals surface area contributed by atoms with Crippen LogP contribution in [0.3, 0.4) is 0 Å². The third-order valence-electron chi connectivity index (χ3n) is 4.17. The minimum Gasteiger partial charge on any atom is -0.397 e. The Morgan fingerprint density at radius 3 is 2.83 bits per heavy atom. The van der Waals surface area contributed by atoms with Crippen LogP contribution in [0.4, 0.5) is 11.4 Å². The molecule has 1 amide bonds. The summed E-state index contributed by atoms with van der Waals surface area (Å²) >= 11 is 0. The van der Waals surface area contributed by atoms with Crippen LogP contribution < -0.4 is 16.0 Å². The van der Waals surface area contributed by atoms with Gasteiger partial charge in [-0.25, -0.2) is 0 Å². The zero-order chi connectivity index (χ0) is 16.5. The fourth-order valence-corrected chi connectivity index (χ4v) is 2.90. The van der Waals surface area contributed by atoms with Gasteiger partial charge in [0.05, 0.1) is 11.4 Å². The number of carbonyl (C=O) groups is 1. The molecular formula is C18H29N3O2. The summed E-state index contributed by atoms with van der Waals surface area (Å²) in [6.07, 6.45) is 4.56. The SMILES string of the molecule is CCOCCCNC(=O)CCc1ccc(N2CCCC2)c(N)c1. The van der Waals surface area contributed by atoms with Gasteiger partial charge in [-0.2, -0.15) is 0 Å². The molecule has 0 atom stereocenters. The predicted octanol–water partition coefficient (Wildman–Crippen LogP) is 2.34. The predicted molar refractivity (Wildman–Crippen MR) is 94.7 cm³/mol. The van der Waals surface area contributed by atoms with E-state index in [2.05, 4.69) is 22.3 Å². The standard InChI is InChI=1S/C18H29N3O2/c1-2-23-13-5-10-20-18(22)9-7-15-6-8-17(16(19)14-15)21-11-3-4-12-21/h6,8,14H,2-5,7,9-13,19H2,1H3,(H,20,22). The van der Waals surface area contributed by atoms with Gasteiger partial charge in [-0.15, -0.1) is 0 Å². The van der Waals surface area contributed by atoms with Gasteiger partial charge in [0.25, 0.3) is 0 Å². The van der Waals surface area contributed by atoms with Crippen LogP contribution in [-0.2, 0) is 16.0 Å². The molecule has 23 heavy (non-hydrogen) atoms. The molecule has 1 aromatic rings. The van der Waals surface area contributed by atoms with Crippen LogP contribution in [0.5, 0.6) is 0 Å². The molecule has 0 aliphatic carbocycles. The van der Waals surface area contributed by atoms with Crippen molar-refractivity contribution in [3.8, 4) is 0 Å². The van der Waals surface area contributed by atoms with Crippen molar-refractivity contribution in [3.05, 3.63) is 23.8 Å². The number of nitrogens with two attached hydrogens (primary N) is 1. The molecule has 0 aromatic heterocycles. The summed E-state index contributed by atoms with van der Waals surface area (Å²) in [5.41, 5.74) is 9.25. The highest BCUT2D eigenvalue weighted by Gasteiger charge is 2.14. The van der Waals surface area contributed by atoms with Crippen molar-refractivity contribution in [1.82, 2.24) is 5.32 Å². The molecule has 1 saturated heterocycles. The largest absolute Gasteiger partial charge is 0.397 e. The van der Waals surface area contributed by atoms with E-state index >= 15 is 0 Å². The van der Waals surface area contributed by atoms with E-state index in [0.717, 1.165) is 49.5 Å². The normalized spacial score (nSPS) is 14.2. The van der Waals surface area contributed by atoms with Crippen molar-refractivity contribution < 1.29 is 9.53 Å². The van der Waals surface area contributed by atoms with Crippen LogP contribution in [0, 0.1) is 0 Å². The van der Waals surface area contributed by atoms with Crippen molar-refractivity contribution in [2.24, 2.45) is 0 Å². The van der Waals surface area contributed by atoms with Gasteiger partial charge in [-0.1, -0.05) is 6.07 Å². The topological polar surface area (TPSA) is 67.6 Å². The fraction of sp³-hybridized carbons (Fsp3) is 0.611. The number of carbonyl (C=O) groups excluding carboxylic acids is 1. The monoisotopic (exact) mass is 319 g/mol. The molecule has 0 saturated carbocycles. The van der Waals surface area contributed by atoms with Crippen molar-refractivity contribution in [1.29, 1.82) is 0 Å². The smallest absolute Gasteiger partial charge is 0.220 e. The first kappa shape index (κ1) is 17.6. The molecule has 1 aliphatic heterocycles. The van der Waals surface area contributed by atoms with Gasteiger partial charge in [0.15, 0.2) is 0 Å². The molecule has 2 rings (SSSR count). The van der Waals surface area contributed by atoms with Gasteiger partial charge < -0.3 is 20.7 Å². The zero-order valence-electron chi connectivity index (χ0n) is 14.1. The lowest BCUT2D eigenvalue weighted by Crippen LogP contribution is -2.25. The Hall–Kier alpha value is -1.75. The molecule has 1 aliphatic rings. The highest BCUT2D eigenvalue weighted by molar-refractivity contribution is 5.76. The number of aryl methyl sites for hydroxylation is 1. The Labute approximate surface area is 139 Å². The number of hydrogen-bond acceptors (Lipinski definition) is 4. The molecule has 5 heteroatoms. The Kier molecular flexibility index (Phi) is 7.20. The number of anilines is 2. The number of rotatable bonds is 9. The number of nitrogen functional groups attached to an aromatic ring is 1. The molecule has 1 fully saturated rings. The zero-order valence-corrected chi connectivity index (χ0v) is 14.1. The van der Waals surface area contributed by atoms with E-state index in [9.17, 15) is 4.79 Å². The maximum Gasteiger partial charge on any atom is 0.220 e. The minimum atomic E-state index is 0.0867. The van der Waals surface area contributed by atoms with E-state index in [1.807, 2.05) is 13.0 Å². The van der Waals surface area contributed by atoms with E-state index in [1.54, 1.807) is 0 Å². The Morgan fingerprint density at radius 2 is 2.13 bits per heavy atom. The number of nitrogens with zero attached hydrogens (tertiary/aromatic N) is 1. The molecule has 0 bridgehead atoms. The Balaban J connectivity index is 1.73. The Bertz CT molecular complexity index is 499. The first-order chi connectivity index (χ1) is 11.2. The van der Waals surface area contributed by atoms with Gasteiger partial charge in [0.1, 0.15) is 0 Å². The third-order valence-corrected chi connectivity index (χ3v) is 4.17. The molecule has 0 radical (unpaired) electrons.